The average Bonchev–Trinajstić information content (AvgIpc) is 2.91. The largest absolute Gasteiger partial charge is 0.506 e. The lowest BCUT2D eigenvalue weighted by Crippen LogP contribution is -2.21. The van der Waals surface area contributed by atoms with Crippen LogP contribution in [0, 0.1) is 0 Å². The van der Waals surface area contributed by atoms with Crippen molar-refractivity contribution in [2.45, 2.75) is 44.6 Å². The molecule has 0 bridgehead atoms. The minimum atomic E-state index is 0.0241. The van der Waals surface area contributed by atoms with Crippen LogP contribution in [0.15, 0.2) is 18.2 Å². The highest BCUT2D eigenvalue weighted by atomic mass is 35.5. The first-order valence-corrected chi connectivity index (χ1v) is 9.53. The van der Waals surface area contributed by atoms with Gasteiger partial charge < -0.3 is 25.8 Å². The predicted molar refractivity (Wildman–Crippen MR) is 107 cm³/mol. The summed E-state index contributed by atoms with van der Waals surface area (Å²) >= 11 is 5.97. The molecule has 1 aromatic carbocycles. The van der Waals surface area contributed by atoms with Crippen LogP contribution in [0.4, 0.5) is 23.5 Å². The van der Waals surface area contributed by atoms with Gasteiger partial charge in [-0.05, 0) is 31.0 Å². The average molecular weight is 393 g/mol. The summed E-state index contributed by atoms with van der Waals surface area (Å²) in [6, 6.07) is 5.19. The Hall–Kier alpha value is -2.32. The fourth-order valence-electron chi connectivity index (χ4n) is 3.03. The van der Waals surface area contributed by atoms with Crippen LogP contribution < -0.4 is 16.0 Å². The van der Waals surface area contributed by atoms with Gasteiger partial charge in [-0.3, -0.25) is 0 Å². The first-order valence-electron chi connectivity index (χ1n) is 9.15. The van der Waals surface area contributed by atoms with Crippen LogP contribution in [0.3, 0.4) is 0 Å². The lowest BCUT2D eigenvalue weighted by molar-refractivity contribution is 0.220. The molecular weight excluding hydrogens is 368 g/mol. The molecule has 8 nitrogen and oxygen atoms in total. The molecule has 9 heteroatoms. The van der Waals surface area contributed by atoms with Crippen molar-refractivity contribution < 1.29 is 9.84 Å². The number of aromatic hydroxyl groups is 1. The van der Waals surface area contributed by atoms with Gasteiger partial charge >= 0.3 is 0 Å². The maximum absolute atomic E-state index is 9.57. The Bertz CT molecular complexity index is 753. The second kappa shape index (κ2) is 9.57. The van der Waals surface area contributed by atoms with Crippen molar-refractivity contribution >= 4 is 35.1 Å². The number of methoxy groups -OCH3 is 1. The SMILES string of the molecule is COCNc1nc(Nc2ccc(O)c(Cl)c2)nc(NC2CCCCCC2)n1. The smallest absolute Gasteiger partial charge is 0.233 e. The first-order chi connectivity index (χ1) is 13.1. The highest BCUT2D eigenvalue weighted by Crippen LogP contribution is 2.27. The van der Waals surface area contributed by atoms with Crippen molar-refractivity contribution in [3.8, 4) is 5.75 Å². The molecule has 0 amide bonds. The highest BCUT2D eigenvalue weighted by Gasteiger charge is 2.15. The van der Waals surface area contributed by atoms with E-state index in [1.165, 1.54) is 31.7 Å². The van der Waals surface area contributed by atoms with E-state index in [1.54, 1.807) is 19.2 Å². The maximum Gasteiger partial charge on any atom is 0.233 e. The van der Waals surface area contributed by atoms with E-state index in [0.29, 0.717) is 29.6 Å². The summed E-state index contributed by atoms with van der Waals surface area (Å²) in [5.74, 6) is 1.33. The van der Waals surface area contributed by atoms with Gasteiger partial charge in [0.1, 0.15) is 12.5 Å². The van der Waals surface area contributed by atoms with Gasteiger partial charge in [-0.25, -0.2) is 0 Å². The molecule has 2 aromatic rings. The lowest BCUT2D eigenvalue weighted by atomic mass is 10.1. The van der Waals surface area contributed by atoms with Crippen molar-refractivity contribution in [3.63, 3.8) is 0 Å². The number of nitrogens with zero attached hydrogens (tertiary/aromatic N) is 3. The molecule has 1 fully saturated rings. The number of nitrogens with one attached hydrogen (secondary N) is 3. The summed E-state index contributed by atoms with van der Waals surface area (Å²) in [6.45, 7) is 0.289. The topological polar surface area (TPSA) is 104 Å². The Morgan fingerprint density at radius 3 is 2.48 bits per heavy atom. The molecule has 27 heavy (non-hydrogen) atoms. The van der Waals surface area contributed by atoms with Crippen molar-refractivity contribution in [2.75, 3.05) is 29.8 Å². The molecule has 1 heterocycles. The molecule has 4 N–H and O–H groups in total. The van der Waals surface area contributed by atoms with E-state index in [1.807, 2.05) is 0 Å². The molecule has 0 aliphatic heterocycles. The molecule has 1 saturated carbocycles. The Kier molecular flexibility index (Phi) is 6.89. The fourth-order valence-corrected chi connectivity index (χ4v) is 3.21. The standard InChI is InChI=1S/C18H25ClN6O2/c1-27-11-20-16-23-17(21-12-6-4-2-3-5-7-12)25-18(24-16)22-13-8-9-15(26)14(19)10-13/h8-10,12,26H,2-7,11H2,1H3,(H3,20,21,22,23,24,25). The Labute approximate surface area is 163 Å². The third-order valence-corrected chi connectivity index (χ3v) is 4.70. The molecule has 1 aromatic heterocycles. The second-order valence-electron chi connectivity index (χ2n) is 6.54. The number of hydrogen-bond donors (Lipinski definition) is 4. The Balaban J connectivity index is 1.79. The van der Waals surface area contributed by atoms with Gasteiger partial charge in [0.05, 0.1) is 5.02 Å². The molecular formula is C18H25ClN6O2. The van der Waals surface area contributed by atoms with E-state index in [9.17, 15) is 5.11 Å². The molecule has 0 saturated heterocycles. The van der Waals surface area contributed by atoms with Gasteiger partial charge in [0.15, 0.2) is 0 Å². The lowest BCUT2D eigenvalue weighted by Gasteiger charge is -2.17. The quantitative estimate of drug-likeness (QED) is 0.317. The monoisotopic (exact) mass is 392 g/mol. The zero-order valence-electron chi connectivity index (χ0n) is 15.3. The summed E-state index contributed by atoms with van der Waals surface area (Å²) < 4.78 is 5.04. The number of rotatable bonds is 7. The van der Waals surface area contributed by atoms with Crippen molar-refractivity contribution in [1.82, 2.24) is 15.0 Å². The minimum absolute atomic E-state index is 0.0241. The highest BCUT2D eigenvalue weighted by molar-refractivity contribution is 6.32. The fraction of sp³-hybridized carbons (Fsp3) is 0.500. The Morgan fingerprint density at radius 1 is 1.07 bits per heavy atom. The number of benzene rings is 1. The van der Waals surface area contributed by atoms with Crippen molar-refractivity contribution in [1.29, 1.82) is 0 Å². The summed E-state index contributed by atoms with van der Waals surface area (Å²) in [7, 11) is 1.59. The van der Waals surface area contributed by atoms with Crippen LogP contribution in [-0.4, -0.2) is 39.9 Å². The number of hydrogen-bond acceptors (Lipinski definition) is 8. The first kappa shape index (κ1) is 19.4. The number of phenolic OH excluding ortho intramolecular Hbond substituents is 1. The predicted octanol–water partition coefficient (Wildman–Crippen LogP) is 4.12. The van der Waals surface area contributed by atoms with Crippen LogP contribution in [-0.2, 0) is 4.74 Å². The second-order valence-corrected chi connectivity index (χ2v) is 6.95. The molecule has 3 rings (SSSR count). The maximum atomic E-state index is 9.57. The molecule has 1 aliphatic carbocycles. The summed E-state index contributed by atoms with van der Waals surface area (Å²) in [6.07, 6.45) is 7.23. The number of phenols is 1. The van der Waals surface area contributed by atoms with Crippen molar-refractivity contribution in [2.24, 2.45) is 0 Å². The Morgan fingerprint density at radius 2 is 1.78 bits per heavy atom. The molecule has 1 aliphatic rings. The van der Waals surface area contributed by atoms with E-state index in [-0.39, 0.29) is 17.5 Å². The zero-order valence-corrected chi connectivity index (χ0v) is 16.1. The van der Waals surface area contributed by atoms with E-state index in [4.69, 9.17) is 16.3 Å². The number of halogens is 1. The van der Waals surface area contributed by atoms with Gasteiger partial charge in [0.25, 0.3) is 0 Å². The molecule has 0 atom stereocenters. The van der Waals surface area contributed by atoms with Crippen LogP contribution in [0.2, 0.25) is 5.02 Å². The summed E-state index contributed by atoms with van der Waals surface area (Å²) in [4.78, 5) is 13.3. The third-order valence-electron chi connectivity index (χ3n) is 4.40. The van der Waals surface area contributed by atoms with E-state index in [0.717, 1.165) is 12.8 Å². The van der Waals surface area contributed by atoms with Gasteiger partial charge in [-0.2, -0.15) is 15.0 Å². The van der Waals surface area contributed by atoms with Crippen LogP contribution in [0.25, 0.3) is 0 Å². The van der Waals surface area contributed by atoms with Crippen LogP contribution in [0.1, 0.15) is 38.5 Å². The summed E-state index contributed by atoms with van der Waals surface area (Å²) in [5.41, 5.74) is 0.669. The normalized spacial score (nSPS) is 15.2. The van der Waals surface area contributed by atoms with Gasteiger partial charge in [-0.15, -0.1) is 0 Å². The van der Waals surface area contributed by atoms with E-state index < -0.39 is 0 Å². The van der Waals surface area contributed by atoms with E-state index in [2.05, 4.69) is 30.9 Å². The summed E-state index contributed by atoms with van der Waals surface area (Å²) in [5, 5.41) is 19.4. The molecule has 0 spiro atoms. The van der Waals surface area contributed by atoms with Crippen molar-refractivity contribution in [3.05, 3.63) is 23.2 Å². The molecule has 0 unspecified atom stereocenters. The van der Waals surface area contributed by atoms with Gasteiger partial charge in [-0.1, -0.05) is 37.3 Å². The van der Waals surface area contributed by atoms with Crippen LogP contribution in [0.5, 0.6) is 5.75 Å². The minimum Gasteiger partial charge on any atom is -0.506 e. The van der Waals surface area contributed by atoms with E-state index >= 15 is 0 Å². The number of aromatic nitrogens is 3. The van der Waals surface area contributed by atoms with Gasteiger partial charge in [0, 0.05) is 18.8 Å². The number of anilines is 4. The molecule has 146 valence electrons. The number of ether oxygens (including phenoxy) is 1. The third kappa shape index (κ3) is 5.83. The molecule has 0 radical (unpaired) electrons. The van der Waals surface area contributed by atoms with Gasteiger partial charge in [0.2, 0.25) is 17.8 Å². The van der Waals surface area contributed by atoms with Crippen LogP contribution >= 0.6 is 11.6 Å². The zero-order chi connectivity index (χ0) is 19.1.